The van der Waals surface area contributed by atoms with E-state index in [1.54, 1.807) is 11.3 Å². The summed E-state index contributed by atoms with van der Waals surface area (Å²) < 4.78 is 4.87. The maximum Gasteiger partial charge on any atom is 0.306 e. The van der Waals surface area contributed by atoms with E-state index in [-0.39, 0.29) is 17.8 Å². The van der Waals surface area contributed by atoms with Crippen molar-refractivity contribution in [3.05, 3.63) is 56.8 Å². The molecule has 0 unspecified atom stereocenters. The van der Waals surface area contributed by atoms with Crippen molar-refractivity contribution in [1.82, 2.24) is 0 Å². The summed E-state index contributed by atoms with van der Waals surface area (Å²) >= 11 is 1.55. The van der Waals surface area contributed by atoms with E-state index in [0.29, 0.717) is 6.42 Å². The number of nitro benzene ring substituents is 1. The van der Waals surface area contributed by atoms with Crippen LogP contribution >= 0.6 is 11.3 Å². The van der Waals surface area contributed by atoms with Gasteiger partial charge in [0.05, 0.1) is 4.92 Å². The zero-order valence-corrected chi connectivity index (χ0v) is 12.9. The minimum Gasteiger partial charge on any atom is -0.456 e. The lowest BCUT2D eigenvalue weighted by atomic mass is 10.2. The van der Waals surface area contributed by atoms with Crippen molar-refractivity contribution in [3.8, 4) is 0 Å². The summed E-state index contributed by atoms with van der Waals surface area (Å²) in [6, 6.07) is 7.45. The van der Waals surface area contributed by atoms with Gasteiger partial charge >= 0.3 is 5.97 Å². The maximum absolute atomic E-state index is 11.7. The number of rotatable bonds is 7. The molecule has 1 heterocycles. The molecule has 1 amide bonds. The molecule has 0 atom stereocenters. The second kappa shape index (κ2) is 8.04. The highest BCUT2D eigenvalue weighted by atomic mass is 32.1. The van der Waals surface area contributed by atoms with Crippen molar-refractivity contribution in [1.29, 1.82) is 0 Å². The van der Waals surface area contributed by atoms with Gasteiger partial charge < -0.3 is 10.1 Å². The molecule has 2 aromatic rings. The SMILES string of the molecule is O=C(COC(=O)CCc1ccsc1)Nc1cccc([N+](=O)[O-])c1. The average Bonchev–Trinajstić information content (AvgIpc) is 3.04. The van der Waals surface area contributed by atoms with Gasteiger partial charge in [-0.15, -0.1) is 0 Å². The fourth-order valence-corrected chi connectivity index (χ4v) is 2.50. The second-order valence-electron chi connectivity index (χ2n) is 4.65. The summed E-state index contributed by atoms with van der Waals surface area (Å²) in [7, 11) is 0. The molecule has 0 fully saturated rings. The minimum atomic E-state index is -0.555. The Morgan fingerprint density at radius 3 is 2.83 bits per heavy atom. The van der Waals surface area contributed by atoms with E-state index in [9.17, 15) is 19.7 Å². The number of esters is 1. The van der Waals surface area contributed by atoms with Crippen LogP contribution in [-0.4, -0.2) is 23.4 Å². The van der Waals surface area contributed by atoms with Crippen molar-refractivity contribution >= 4 is 34.6 Å². The van der Waals surface area contributed by atoms with Gasteiger partial charge in [-0.25, -0.2) is 0 Å². The lowest BCUT2D eigenvalue weighted by Gasteiger charge is -2.06. The molecule has 120 valence electrons. The quantitative estimate of drug-likeness (QED) is 0.477. The molecule has 0 saturated carbocycles. The standard InChI is InChI=1S/C15H14N2O5S/c18-14(16-12-2-1-3-13(8-12)17(20)21)9-22-15(19)5-4-11-6-7-23-10-11/h1-3,6-8,10H,4-5,9H2,(H,16,18). The molecular formula is C15H14N2O5S. The van der Waals surface area contributed by atoms with Crippen molar-refractivity contribution in [2.45, 2.75) is 12.8 Å². The fourth-order valence-electron chi connectivity index (χ4n) is 1.79. The molecule has 0 radical (unpaired) electrons. The fraction of sp³-hybridized carbons (Fsp3) is 0.200. The molecule has 0 bridgehead atoms. The number of anilines is 1. The number of amides is 1. The summed E-state index contributed by atoms with van der Waals surface area (Å²) in [4.78, 5) is 33.3. The van der Waals surface area contributed by atoms with Crippen LogP contribution in [0, 0.1) is 10.1 Å². The number of benzene rings is 1. The van der Waals surface area contributed by atoms with Crippen molar-refractivity contribution in [2.75, 3.05) is 11.9 Å². The molecule has 0 spiro atoms. The number of aryl methyl sites for hydroxylation is 1. The van der Waals surface area contributed by atoms with Gasteiger partial charge in [0.25, 0.3) is 11.6 Å². The number of hydrogen-bond acceptors (Lipinski definition) is 6. The Morgan fingerprint density at radius 1 is 1.30 bits per heavy atom. The monoisotopic (exact) mass is 334 g/mol. The first-order valence-corrected chi connectivity index (χ1v) is 7.70. The number of nitrogens with one attached hydrogen (secondary N) is 1. The number of nitrogens with zero attached hydrogens (tertiary/aromatic N) is 1. The predicted octanol–water partition coefficient (Wildman–Crippen LogP) is 2.77. The lowest BCUT2D eigenvalue weighted by molar-refractivity contribution is -0.384. The van der Waals surface area contributed by atoms with E-state index < -0.39 is 23.4 Å². The smallest absolute Gasteiger partial charge is 0.306 e. The zero-order valence-electron chi connectivity index (χ0n) is 12.1. The highest BCUT2D eigenvalue weighted by Crippen LogP contribution is 2.16. The summed E-state index contributed by atoms with van der Waals surface area (Å²) in [6.07, 6.45) is 0.760. The van der Waals surface area contributed by atoms with E-state index in [2.05, 4.69) is 5.32 Å². The Bertz CT molecular complexity index is 700. The molecule has 0 aliphatic heterocycles. The van der Waals surface area contributed by atoms with Gasteiger partial charge in [-0.3, -0.25) is 19.7 Å². The Labute approximate surface area is 136 Å². The number of thiophene rings is 1. The van der Waals surface area contributed by atoms with E-state index in [1.165, 1.54) is 24.3 Å². The first-order chi connectivity index (χ1) is 11.0. The van der Waals surface area contributed by atoms with Gasteiger partial charge in [0.1, 0.15) is 0 Å². The van der Waals surface area contributed by atoms with Crippen LogP contribution in [0.2, 0.25) is 0 Å². The molecule has 1 N–H and O–H groups in total. The summed E-state index contributed by atoms with van der Waals surface area (Å²) in [5.41, 5.74) is 1.20. The maximum atomic E-state index is 11.7. The highest BCUT2D eigenvalue weighted by molar-refractivity contribution is 7.07. The van der Waals surface area contributed by atoms with Crippen LogP contribution in [0.5, 0.6) is 0 Å². The highest BCUT2D eigenvalue weighted by Gasteiger charge is 2.10. The van der Waals surface area contributed by atoms with Gasteiger partial charge in [-0.1, -0.05) is 6.07 Å². The molecular weight excluding hydrogens is 320 g/mol. The number of carbonyl (C=O) groups is 2. The van der Waals surface area contributed by atoms with Crippen molar-refractivity contribution < 1.29 is 19.2 Å². The van der Waals surface area contributed by atoms with Crippen LogP contribution in [0.15, 0.2) is 41.1 Å². The van der Waals surface area contributed by atoms with Crippen LogP contribution in [0.3, 0.4) is 0 Å². The van der Waals surface area contributed by atoms with Gasteiger partial charge in [0.2, 0.25) is 0 Å². The van der Waals surface area contributed by atoms with Crippen molar-refractivity contribution in [3.63, 3.8) is 0 Å². The predicted molar refractivity (Wildman–Crippen MR) is 85.3 cm³/mol. The third-order valence-corrected chi connectivity index (χ3v) is 3.63. The van der Waals surface area contributed by atoms with Crippen LogP contribution < -0.4 is 5.32 Å². The van der Waals surface area contributed by atoms with E-state index in [1.807, 2.05) is 16.8 Å². The third kappa shape index (κ3) is 5.51. The largest absolute Gasteiger partial charge is 0.456 e. The first kappa shape index (κ1) is 16.6. The molecule has 1 aromatic heterocycles. The number of carbonyl (C=O) groups excluding carboxylic acids is 2. The first-order valence-electron chi connectivity index (χ1n) is 6.75. The van der Waals surface area contributed by atoms with Crippen LogP contribution in [0.1, 0.15) is 12.0 Å². The second-order valence-corrected chi connectivity index (χ2v) is 5.43. The Hall–Kier alpha value is -2.74. The number of non-ortho nitro benzene ring substituents is 1. The Kier molecular flexibility index (Phi) is 5.81. The normalized spacial score (nSPS) is 10.1. The van der Waals surface area contributed by atoms with Gasteiger partial charge in [0, 0.05) is 24.2 Å². The van der Waals surface area contributed by atoms with Crippen LogP contribution in [0.4, 0.5) is 11.4 Å². The van der Waals surface area contributed by atoms with Crippen LogP contribution in [0.25, 0.3) is 0 Å². The van der Waals surface area contributed by atoms with Gasteiger partial charge in [-0.05, 0) is 34.9 Å². The van der Waals surface area contributed by atoms with Crippen LogP contribution in [-0.2, 0) is 20.7 Å². The Balaban J connectivity index is 1.75. The van der Waals surface area contributed by atoms with E-state index in [4.69, 9.17) is 4.74 Å². The minimum absolute atomic E-state index is 0.129. The third-order valence-electron chi connectivity index (χ3n) is 2.90. The number of nitro groups is 1. The summed E-state index contributed by atoms with van der Waals surface area (Å²) in [6.45, 7) is -0.425. The molecule has 1 aromatic carbocycles. The van der Waals surface area contributed by atoms with Gasteiger partial charge in [0.15, 0.2) is 6.61 Å². The molecule has 0 saturated heterocycles. The van der Waals surface area contributed by atoms with E-state index >= 15 is 0 Å². The van der Waals surface area contributed by atoms with Gasteiger partial charge in [-0.2, -0.15) is 11.3 Å². The number of hydrogen-bond donors (Lipinski definition) is 1. The molecule has 23 heavy (non-hydrogen) atoms. The van der Waals surface area contributed by atoms with Crippen molar-refractivity contribution in [2.24, 2.45) is 0 Å². The zero-order chi connectivity index (χ0) is 16.7. The molecule has 8 heteroatoms. The molecule has 0 aliphatic rings. The molecule has 7 nitrogen and oxygen atoms in total. The summed E-state index contributed by atoms with van der Waals surface area (Å²) in [5.74, 6) is -1.01. The average molecular weight is 334 g/mol. The van der Waals surface area contributed by atoms with E-state index in [0.717, 1.165) is 5.56 Å². The Morgan fingerprint density at radius 2 is 2.13 bits per heavy atom. The lowest BCUT2D eigenvalue weighted by Crippen LogP contribution is -2.21. The summed E-state index contributed by atoms with van der Waals surface area (Å²) in [5, 5.41) is 17.0. The molecule has 0 aliphatic carbocycles. The number of ether oxygens (including phenoxy) is 1. The topological polar surface area (TPSA) is 98.5 Å². The molecule has 2 rings (SSSR count).